The number of ether oxygens (including phenoxy) is 1. The molecule has 0 aromatic carbocycles. The van der Waals surface area contributed by atoms with Gasteiger partial charge in [-0.15, -0.1) is 11.3 Å². The Morgan fingerprint density at radius 2 is 2.41 bits per heavy atom. The fourth-order valence-electron chi connectivity index (χ4n) is 2.62. The number of hydrogen-bond donors (Lipinski definition) is 0. The molecule has 1 aromatic heterocycles. The molecule has 1 aromatic rings. The highest BCUT2D eigenvalue weighted by Crippen LogP contribution is 2.25. The van der Waals surface area contributed by atoms with E-state index in [1.807, 2.05) is 11.3 Å². The first-order valence-corrected chi connectivity index (χ1v) is 7.09. The SMILES string of the molecule is O=C1CCOCC1CN1CCc2sccc2C1. The molecule has 0 bridgehead atoms. The number of fused-ring (bicyclic) bond motifs is 1. The van der Waals surface area contributed by atoms with Gasteiger partial charge in [-0.05, 0) is 23.4 Å². The van der Waals surface area contributed by atoms with Gasteiger partial charge in [0.1, 0.15) is 5.78 Å². The van der Waals surface area contributed by atoms with Crippen LogP contribution in [0.25, 0.3) is 0 Å². The number of hydrogen-bond acceptors (Lipinski definition) is 4. The first-order valence-electron chi connectivity index (χ1n) is 6.21. The standard InChI is InChI=1S/C13H17NO2S/c15-12-2-5-16-9-11(12)8-14-4-1-13-10(7-14)3-6-17-13/h3,6,11H,1-2,4-5,7-9H2. The van der Waals surface area contributed by atoms with Gasteiger partial charge in [0.15, 0.2) is 0 Å². The van der Waals surface area contributed by atoms with E-state index < -0.39 is 0 Å². The summed E-state index contributed by atoms with van der Waals surface area (Å²) >= 11 is 1.86. The largest absolute Gasteiger partial charge is 0.380 e. The lowest BCUT2D eigenvalue weighted by Crippen LogP contribution is -2.40. The molecule has 1 atom stereocenters. The summed E-state index contributed by atoms with van der Waals surface area (Å²) in [5.74, 6) is 0.483. The Kier molecular flexibility index (Phi) is 3.27. The predicted molar refractivity (Wildman–Crippen MR) is 67.2 cm³/mol. The molecule has 17 heavy (non-hydrogen) atoms. The zero-order chi connectivity index (χ0) is 11.7. The third-order valence-corrected chi connectivity index (χ3v) is 4.66. The van der Waals surface area contributed by atoms with Gasteiger partial charge in [-0.1, -0.05) is 0 Å². The second-order valence-corrected chi connectivity index (χ2v) is 5.84. The molecule has 1 saturated heterocycles. The summed E-state index contributed by atoms with van der Waals surface area (Å²) in [4.78, 5) is 15.7. The zero-order valence-electron chi connectivity index (χ0n) is 9.85. The zero-order valence-corrected chi connectivity index (χ0v) is 10.7. The summed E-state index contributed by atoms with van der Waals surface area (Å²) in [7, 11) is 0. The van der Waals surface area contributed by atoms with Gasteiger partial charge in [0.25, 0.3) is 0 Å². The quantitative estimate of drug-likeness (QED) is 0.801. The molecule has 2 aliphatic heterocycles. The van der Waals surface area contributed by atoms with Crippen molar-refractivity contribution in [3.63, 3.8) is 0 Å². The molecular formula is C13H17NO2S. The molecule has 1 fully saturated rings. The number of thiophene rings is 1. The van der Waals surface area contributed by atoms with Crippen molar-refractivity contribution in [2.24, 2.45) is 5.92 Å². The van der Waals surface area contributed by atoms with E-state index in [9.17, 15) is 4.79 Å². The average molecular weight is 251 g/mol. The number of carbonyl (C=O) groups excluding carboxylic acids is 1. The van der Waals surface area contributed by atoms with E-state index >= 15 is 0 Å². The van der Waals surface area contributed by atoms with Gasteiger partial charge in [0.05, 0.1) is 19.1 Å². The molecular weight excluding hydrogens is 234 g/mol. The van der Waals surface area contributed by atoms with Crippen LogP contribution in [0.5, 0.6) is 0 Å². The minimum absolute atomic E-state index is 0.101. The van der Waals surface area contributed by atoms with E-state index in [0.29, 0.717) is 25.4 Å². The number of nitrogens with zero attached hydrogens (tertiary/aromatic N) is 1. The van der Waals surface area contributed by atoms with Gasteiger partial charge >= 0.3 is 0 Å². The van der Waals surface area contributed by atoms with Crippen LogP contribution in [-0.2, 0) is 22.5 Å². The maximum atomic E-state index is 11.8. The minimum atomic E-state index is 0.101. The van der Waals surface area contributed by atoms with E-state index in [2.05, 4.69) is 16.3 Å². The topological polar surface area (TPSA) is 29.5 Å². The van der Waals surface area contributed by atoms with Gasteiger partial charge in [-0.25, -0.2) is 0 Å². The predicted octanol–water partition coefficient (Wildman–Crippen LogP) is 1.71. The average Bonchev–Trinajstić information content (AvgIpc) is 2.79. The second-order valence-electron chi connectivity index (χ2n) is 4.84. The van der Waals surface area contributed by atoms with Crippen LogP contribution >= 0.6 is 11.3 Å². The van der Waals surface area contributed by atoms with Crippen LogP contribution in [0.15, 0.2) is 11.4 Å². The highest BCUT2D eigenvalue weighted by Gasteiger charge is 2.27. The van der Waals surface area contributed by atoms with Crippen molar-refractivity contribution in [3.8, 4) is 0 Å². The molecule has 1 unspecified atom stereocenters. The van der Waals surface area contributed by atoms with Gasteiger partial charge in [0, 0.05) is 30.9 Å². The molecule has 2 aliphatic rings. The summed E-state index contributed by atoms with van der Waals surface area (Å²) in [6, 6.07) is 2.21. The van der Waals surface area contributed by atoms with E-state index in [1.54, 1.807) is 0 Å². The third kappa shape index (κ3) is 2.44. The molecule has 3 heterocycles. The van der Waals surface area contributed by atoms with Crippen LogP contribution in [0, 0.1) is 5.92 Å². The number of rotatable bonds is 2. The van der Waals surface area contributed by atoms with E-state index in [-0.39, 0.29) is 5.92 Å². The smallest absolute Gasteiger partial charge is 0.141 e. The van der Waals surface area contributed by atoms with Crippen molar-refractivity contribution in [1.82, 2.24) is 4.90 Å². The van der Waals surface area contributed by atoms with Gasteiger partial charge in [-0.3, -0.25) is 9.69 Å². The number of carbonyl (C=O) groups is 1. The lowest BCUT2D eigenvalue weighted by molar-refractivity contribution is -0.131. The van der Waals surface area contributed by atoms with Crippen molar-refractivity contribution < 1.29 is 9.53 Å². The molecule has 0 spiro atoms. The first kappa shape index (κ1) is 11.4. The summed E-state index contributed by atoms with van der Waals surface area (Å²) in [6.45, 7) is 4.18. The Hall–Kier alpha value is -0.710. The fraction of sp³-hybridized carbons (Fsp3) is 0.615. The van der Waals surface area contributed by atoms with Crippen LogP contribution in [-0.4, -0.2) is 37.0 Å². The van der Waals surface area contributed by atoms with Crippen LogP contribution in [0.2, 0.25) is 0 Å². The van der Waals surface area contributed by atoms with Crippen molar-refractivity contribution in [2.45, 2.75) is 19.4 Å². The normalized spacial score (nSPS) is 25.9. The lowest BCUT2D eigenvalue weighted by Gasteiger charge is -2.31. The van der Waals surface area contributed by atoms with Crippen LogP contribution < -0.4 is 0 Å². The summed E-state index contributed by atoms with van der Waals surface area (Å²) < 4.78 is 5.40. The summed E-state index contributed by atoms with van der Waals surface area (Å²) in [5, 5.41) is 2.17. The van der Waals surface area contributed by atoms with Gasteiger partial charge in [-0.2, -0.15) is 0 Å². The molecule has 3 nitrogen and oxygen atoms in total. The highest BCUT2D eigenvalue weighted by molar-refractivity contribution is 7.10. The molecule has 0 radical (unpaired) electrons. The molecule has 3 rings (SSSR count). The Bertz CT molecular complexity index is 415. The van der Waals surface area contributed by atoms with Gasteiger partial charge in [0.2, 0.25) is 0 Å². The van der Waals surface area contributed by atoms with Crippen molar-refractivity contribution in [2.75, 3.05) is 26.3 Å². The highest BCUT2D eigenvalue weighted by atomic mass is 32.1. The maximum absolute atomic E-state index is 11.8. The van der Waals surface area contributed by atoms with Crippen molar-refractivity contribution in [3.05, 3.63) is 21.9 Å². The molecule has 4 heteroatoms. The van der Waals surface area contributed by atoms with E-state index in [0.717, 1.165) is 26.1 Å². The molecule has 0 amide bonds. The summed E-state index contributed by atoms with van der Waals surface area (Å²) in [6.07, 6.45) is 1.73. The first-order chi connectivity index (χ1) is 8.33. The summed E-state index contributed by atoms with van der Waals surface area (Å²) in [5.41, 5.74) is 1.45. The van der Waals surface area contributed by atoms with E-state index in [1.165, 1.54) is 10.4 Å². The molecule has 0 saturated carbocycles. The third-order valence-electron chi connectivity index (χ3n) is 3.63. The van der Waals surface area contributed by atoms with Crippen LogP contribution in [0.1, 0.15) is 16.9 Å². The Balaban J connectivity index is 1.61. The molecule has 0 N–H and O–H groups in total. The molecule has 0 aliphatic carbocycles. The Morgan fingerprint density at radius 3 is 3.29 bits per heavy atom. The monoisotopic (exact) mass is 251 g/mol. The van der Waals surface area contributed by atoms with Crippen molar-refractivity contribution >= 4 is 17.1 Å². The fourth-order valence-corrected chi connectivity index (χ4v) is 3.51. The molecule has 92 valence electrons. The lowest BCUT2D eigenvalue weighted by atomic mass is 9.98. The van der Waals surface area contributed by atoms with E-state index in [4.69, 9.17) is 4.74 Å². The van der Waals surface area contributed by atoms with Crippen molar-refractivity contribution in [1.29, 1.82) is 0 Å². The van der Waals surface area contributed by atoms with Crippen LogP contribution in [0.4, 0.5) is 0 Å². The Labute approximate surface area is 105 Å². The van der Waals surface area contributed by atoms with Crippen LogP contribution in [0.3, 0.4) is 0 Å². The van der Waals surface area contributed by atoms with Gasteiger partial charge < -0.3 is 4.74 Å². The maximum Gasteiger partial charge on any atom is 0.141 e. The number of ketones is 1. The minimum Gasteiger partial charge on any atom is -0.380 e. The Morgan fingerprint density at radius 1 is 1.47 bits per heavy atom. The number of Topliss-reactive ketones (excluding diaryl/α,β-unsaturated/α-hetero) is 1. The second kappa shape index (κ2) is 4.88.